The maximum Gasteiger partial charge on any atom is 0.0146 e. The van der Waals surface area contributed by atoms with Crippen molar-refractivity contribution < 1.29 is 0 Å². The quantitative estimate of drug-likeness (QED) is 0.719. The molecule has 0 aliphatic rings. The molecule has 0 heteroatoms. The fourth-order valence-corrected chi connectivity index (χ4v) is 2.19. The summed E-state index contributed by atoms with van der Waals surface area (Å²) in [6.07, 6.45) is 0. The van der Waals surface area contributed by atoms with Crippen molar-refractivity contribution in [1.82, 2.24) is 0 Å². The summed E-state index contributed by atoms with van der Waals surface area (Å²) in [6, 6.07) is 20.2. The molecule has 2 aromatic carbocycles. The Morgan fingerprint density at radius 3 is 2.22 bits per heavy atom. The molecule has 18 heavy (non-hydrogen) atoms. The summed E-state index contributed by atoms with van der Waals surface area (Å²) in [6.45, 7) is 8.85. The third-order valence-electron chi connectivity index (χ3n) is 3.60. The van der Waals surface area contributed by atoms with E-state index < -0.39 is 0 Å². The average molecular weight is 236 g/mol. The van der Waals surface area contributed by atoms with Gasteiger partial charge in [-0.1, -0.05) is 76.2 Å². The van der Waals surface area contributed by atoms with Crippen LogP contribution in [0.3, 0.4) is 0 Å². The fraction of sp³-hybridized carbons (Fsp3) is 0.278. The van der Waals surface area contributed by atoms with Gasteiger partial charge < -0.3 is 0 Å². The van der Waals surface area contributed by atoms with Crippen LogP contribution in [0.15, 0.2) is 48.5 Å². The summed E-state index contributed by atoms with van der Waals surface area (Å²) in [5.41, 5.74) is 4.03. The van der Waals surface area contributed by atoms with E-state index in [-0.39, 0.29) is 5.41 Å². The molecule has 2 rings (SSSR count). The Labute approximate surface area is 111 Å². The molecule has 0 N–H and O–H groups in total. The van der Waals surface area contributed by atoms with E-state index in [0.717, 1.165) is 0 Å². The molecule has 0 saturated heterocycles. The van der Waals surface area contributed by atoms with Gasteiger partial charge in [0.15, 0.2) is 0 Å². The van der Waals surface area contributed by atoms with E-state index in [1.165, 1.54) is 22.6 Å². The summed E-state index contributed by atoms with van der Waals surface area (Å²) in [4.78, 5) is 0. The molecular formula is C18H20. The van der Waals surface area contributed by atoms with Gasteiger partial charge in [0.25, 0.3) is 0 Å². The van der Waals surface area contributed by atoms with Gasteiger partial charge in [0.2, 0.25) is 0 Å². The van der Waals surface area contributed by atoms with Crippen molar-refractivity contribution in [2.45, 2.75) is 33.1 Å². The summed E-state index contributed by atoms with van der Waals surface area (Å²) < 4.78 is 0. The van der Waals surface area contributed by atoms with Crippen LogP contribution in [0.2, 0.25) is 0 Å². The third kappa shape index (κ3) is 2.48. The third-order valence-corrected chi connectivity index (χ3v) is 3.60. The zero-order chi connectivity index (χ0) is 13.2. The van der Waals surface area contributed by atoms with Crippen LogP contribution in [0.4, 0.5) is 0 Å². The Hall–Kier alpha value is -1.56. The summed E-state index contributed by atoms with van der Waals surface area (Å²) in [5.74, 6) is 1.36. The van der Waals surface area contributed by atoms with Gasteiger partial charge in [0, 0.05) is 5.41 Å². The molecule has 0 aromatic heterocycles. The number of hydrogen-bond acceptors (Lipinski definition) is 0. The minimum Gasteiger partial charge on any atom is -0.0617 e. The maximum absolute atomic E-state index is 3.08. The van der Waals surface area contributed by atoms with Crippen LogP contribution < -0.4 is 0 Å². The highest BCUT2D eigenvalue weighted by Gasteiger charge is 2.23. The van der Waals surface area contributed by atoms with Gasteiger partial charge in [-0.05, 0) is 28.7 Å². The predicted molar refractivity (Wildman–Crippen MR) is 77.5 cm³/mol. The predicted octanol–water partition coefficient (Wildman–Crippen LogP) is 4.78. The fourth-order valence-electron chi connectivity index (χ4n) is 2.19. The average Bonchev–Trinajstić information content (AvgIpc) is 2.40. The van der Waals surface area contributed by atoms with E-state index in [9.17, 15) is 0 Å². The van der Waals surface area contributed by atoms with E-state index in [0.29, 0.717) is 0 Å². The van der Waals surface area contributed by atoms with Crippen molar-refractivity contribution >= 4 is 0 Å². The maximum atomic E-state index is 3.08. The molecule has 0 saturated carbocycles. The van der Waals surface area contributed by atoms with Gasteiger partial charge in [0.05, 0.1) is 0 Å². The van der Waals surface area contributed by atoms with Crippen molar-refractivity contribution in [3.05, 3.63) is 77.2 Å². The smallest absolute Gasteiger partial charge is 0.0146 e. The second-order valence-corrected chi connectivity index (χ2v) is 5.49. The molecule has 0 aliphatic carbocycles. The molecule has 0 nitrogen and oxygen atoms in total. The van der Waals surface area contributed by atoms with E-state index in [1.54, 1.807) is 0 Å². The molecule has 0 amide bonds. The van der Waals surface area contributed by atoms with Crippen LogP contribution >= 0.6 is 0 Å². The standard InChI is InChI=1S/C18H20/c1-14(2)15-9-8-12-17(13-15)18(3,4)16-10-6-5-7-11-16/h6-13H,1-4H3. The molecule has 0 unspecified atom stereocenters. The molecule has 92 valence electrons. The molecule has 2 radical (unpaired) electrons. The molecular weight excluding hydrogens is 216 g/mol. The van der Waals surface area contributed by atoms with E-state index in [4.69, 9.17) is 0 Å². The first-order valence-corrected chi connectivity index (χ1v) is 6.39. The monoisotopic (exact) mass is 236 g/mol. The van der Waals surface area contributed by atoms with Crippen LogP contribution in [-0.2, 0) is 5.41 Å². The van der Waals surface area contributed by atoms with Crippen LogP contribution in [-0.4, -0.2) is 0 Å². The van der Waals surface area contributed by atoms with E-state index >= 15 is 0 Å². The number of hydrogen-bond donors (Lipinski definition) is 0. The van der Waals surface area contributed by atoms with Gasteiger partial charge in [0.1, 0.15) is 0 Å². The first-order valence-electron chi connectivity index (χ1n) is 6.39. The molecule has 0 atom stereocenters. The lowest BCUT2D eigenvalue weighted by molar-refractivity contribution is 0.640. The largest absolute Gasteiger partial charge is 0.0617 e. The van der Waals surface area contributed by atoms with E-state index in [2.05, 4.69) is 70.2 Å². The highest BCUT2D eigenvalue weighted by molar-refractivity contribution is 5.41. The summed E-state index contributed by atoms with van der Waals surface area (Å²) in [7, 11) is 0. The number of rotatable bonds is 3. The minimum atomic E-state index is 0.0283. The van der Waals surface area contributed by atoms with Gasteiger partial charge in [-0.25, -0.2) is 0 Å². The van der Waals surface area contributed by atoms with Gasteiger partial charge in [-0.2, -0.15) is 0 Å². The van der Waals surface area contributed by atoms with Crippen molar-refractivity contribution in [2.75, 3.05) is 0 Å². The van der Waals surface area contributed by atoms with Crippen molar-refractivity contribution in [2.24, 2.45) is 0 Å². The lowest BCUT2D eigenvalue weighted by Gasteiger charge is -2.27. The van der Waals surface area contributed by atoms with Crippen LogP contribution in [0.25, 0.3) is 0 Å². The highest BCUT2D eigenvalue weighted by atomic mass is 14.3. The molecule has 2 aromatic rings. The zero-order valence-corrected chi connectivity index (χ0v) is 11.6. The van der Waals surface area contributed by atoms with Crippen molar-refractivity contribution in [3.63, 3.8) is 0 Å². The lowest BCUT2D eigenvalue weighted by atomic mass is 9.77. The van der Waals surface area contributed by atoms with Crippen molar-refractivity contribution in [3.8, 4) is 0 Å². The first-order chi connectivity index (χ1) is 8.51. The molecule has 0 bridgehead atoms. The van der Waals surface area contributed by atoms with Gasteiger partial charge >= 0.3 is 0 Å². The molecule has 0 spiro atoms. The Balaban J connectivity index is 2.44. The second kappa shape index (κ2) is 4.97. The minimum absolute atomic E-state index is 0.0283. The number of benzene rings is 2. The van der Waals surface area contributed by atoms with Crippen LogP contribution in [0.1, 0.15) is 44.4 Å². The Kier molecular flexibility index (Phi) is 3.56. The Bertz CT molecular complexity index is 507. The normalized spacial score (nSPS) is 11.8. The summed E-state index contributed by atoms with van der Waals surface area (Å²) in [5, 5.41) is 0. The van der Waals surface area contributed by atoms with Gasteiger partial charge in [-0.3, -0.25) is 0 Å². The topological polar surface area (TPSA) is 0 Å². The van der Waals surface area contributed by atoms with Crippen LogP contribution in [0, 0.1) is 12.0 Å². The Morgan fingerprint density at radius 2 is 1.61 bits per heavy atom. The molecule has 0 aliphatic heterocycles. The molecule has 0 heterocycles. The van der Waals surface area contributed by atoms with Gasteiger partial charge in [-0.15, -0.1) is 0 Å². The lowest BCUT2D eigenvalue weighted by Crippen LogP contribution is -2.19. The Morgan fingerprint density at radius 1 is 0.944 bits per heavy atom. The first kappa shape index (κ1) is 12.9. The zero-order valence-electron chi connectivity index (χ0n) is 11.6. The SMILES string of the molecule is C[C](C)c1cccc(C(C)(C)c2cc[c]cc2)c1. The molecule has 0 fully saturated rings. The van der Waals surface area contributed by atoms with Crippen molar-refractivity contribution in [1.29, 1.82) is 0 Å². The van der Waals surface area contributed by atoms with Crippen LogP contribution in [0.5, 0.6) is 0 Å². The second-order valence-electron chi connectivity index (χ2n) is 5.49. The van der Waals surface area contributed by atoms with E-state index in [1.807, 2.05) is 12.1 Å². The highest BCUT2D eigenvalue weighted by Crippen LogP contribution is 2.32. The summed E-state index contributed by atoms with van der Waals surface area (Å²) >= 11 is 0.